The Kier molecular flexibility index (Phi) is 4.90. The van der Waals surface area contributed by atoms with E-state index in [0.29, 0.717) is 0 Å². The van der Waals surface area contributed by atoms with Gasteiger partial charge in [-0.25, -0.2) is 13.6 Å². The van der Waals surface area contributed by atoms with Gasteiger partial charge < -0.3 is 16.0 Å². The molecule has 2 atom stereocenters. The SMILES string of the molecule is Cc1cccc(C2(NC(=O)N[C@@H]3C(=O)NC[C@H]3c3c(F)cc(Cl)cc3F)CC2)n1. The lowest BCUT2D eigenvalue weighted by Gasteiger charge is -2.23. The summed E-state index contributed by atoms with van der Waals surface area (Å²) in [4.78, 5) is 29.3. The number of aryl methyl sites for hydroxylation is 1. The number of urea groups is 1. The van der Waals surface area contributed by atoms with Gasteiger partial charge in [-0.15, -0.1) is 0 Å². The van der Waals surface area contributed by atoms with Crippen LogP contribution in [-0.4, -0.2) is 29.5 Å². The van der Waals surface area contributed by atoms with Gasteiger partial charge in [-0.05, 0) is 44.0 Å². The van der Waals surface area contributed by atoms with E-state index in [9.17, 15) is 18.4 Å². The van der Waals surface area contributed by atoms with Crippen LogP contribution in [0.4, 0.5) is 13.6 Å². The Labute approximate surface area is 171 Å². The van der Waals surface area contributed by atoms with Gasteiger partial charge in [0.25, 0.3) is 0 Å². The van der Waals surface area contributed by atoms with Gasteiger partial charge >= 0.3 is 6.03 Å². The third kappa shape index (κ3) is 3.76. The van der Waals surface area contributed by atoms with E-state index >= 15 is 0 Å². The van der Waals surface area contributed by atoms with E-state index in [1.54, 1.807) is 0 Å². The summed E-state index contributed by atoms with van der Waals surface area (Å²) in [5.41, 5.74) is 0.714. The molecule has 1 aromatic carbocycles. The molecule has 1 aliphatic carbocycles. The summed E-state index contributed by atoms with van der Waals surface area (Å²) in [6, 6.07) is 5.84. The largest absolute Gasteiger partial charge is 0.354 e. The quantitative estimate of drug-likeness (QED) is 0.711. The number of benzene rings is 1. The molecular formula is C20H19ClF2N4O2. The molecule has 2 aliphatic rings. The number of carbonyl (C=O) groups is 2. The molecule has 0 spiro atoms. The summed E-state index contributed by atoms with van der Waals surface area (Å²) in [5.74, 6) is -3.10. The Morgan fingerprint density at radius 2 is 1.97 bits per heavy atom. The van der Waals surface area contributed by atoms with Crippen LogP contribution in [0.15, 0.2) is 30.3 Å². The minimum atomic E-state index is -1.11. The van der Waals surface area contributed by atoms with Gasteiger partial charge in [-0.2, -0.15) is 0 Å². The summed E-state index contributed by atoms with van der Waals surface area (Å²) >= 11 is 5.68. The minimum Gasteiger partial charge on any atom is -0.354 e. The van der Waals surface area contributed by atoms with Gasteiger partial charge in [0.1, 0.15) is 17.7 Å². The van der Waals surface area contributed by atoms with E-state index in [1.165, 1.54) is 0 Å². The summed E-state index contributed by atoms with van der Waals surface area (Å²) in [5, 5.41) is 7.91. The van der Waals surface area contributed by atoms with E-state index in [4.69, 9.17) is 11.6 Å². The minimum absolute atomic E-state index is 0.00380. The number of aromatic nitrogens is 1. The number of halogens is 3. The molecule has 0 bridgehead atoms. The third-order valence-corrected chi connectivity index (χ3v) is 5.58. The second-order valence-corrected chi connectivity index (χ2v) is 7.89. The van der Waals surface area contributed by atoms with Crippen LogP contribution in [0.3, 0.4) is 0 Å². The number of pyridine rings is 1. The molecule has 9 heteroatoms. The first-order chi connectivity index (χ1) is 13.8. The van der Waals surface area contributed by atoms with Crippen LogP contribution in [0.25, 0.3) is 0 Å². The maximum absolute atomic E-state index is 14.3. The van der Waals surface area contributed by atoms with Crippen LogP contribution in [0.2, 0.25) is 5.02 Å². The molecular weight excluding hydrogens is 402 g/mol. The Hall–Kier alpha value is -2.74. The standard InChI is InChI=1S/C20H19ClF2N4O2/c1-10-3-2-4-15(25-10)20(5-6-20)27-19(29)26-17-12(9-24-18(17)28)16-13(22)7-11(21)8-14(16)23/h2-4,7-8,12,17H,5-6,9H2,1H3,(H,24,28)(H2,26,27,29)/t12-,17-/m0/s1. The first kappa shape index (κ1) is 19.6. The number of rotatable bonds is 4. The van der Waals surface area contributed by atoms with Gasteiger partial charge in [-0.1, -0.05) is 17.7 Å². The van der Waals surface area contributed by atoms with Crippen molar-refractivity contribution in [2.45, 2.75) is 37.3 Å². The van der Waals surface area contributed by atoms with Gasteiger partial charge in [0, 0.05) is 28.7 Å². The van der Waals surface area contributed by atoms with E-state index < -0.39 is 41.1 Å². The van der Waals surface area contributed by atoms with Crippen molar-refractivity contribution in [2.75, 3.05) is 6.54 Å². The number of nitrogens with zero attached hydrogens (tertiary/aromatic N) is 1. The molecule has 1 aromatic heterocycles. The smallest absolute Gasteiger partial charge is 0.316 e. The number of hydrogen-bond donors (Lipinski definition) is 3. The fourth-order valence-electron chi connectivity index (χ4n) is 3.74. The zero-order valence-electron chi connectivity index (χ0n) is 15.6. The van der Waals surface area contributed by atoms with Crippen LogP contribution >= 0.6 is 11.6 Å². The van der Waals surface area contributed by atoms with Crippen molar-refractivity contribution >= 4 is 23.5 Å². The molecule has 2 fully saturated rings. The Balaban J connectivity index is 1.52. The van der Waals surface area contributed by atoms with Gasteiger partial charge in [0.2, 0.25) is 5.91 Å². The summed E-state index contributed by atoms with van der Waals surface area (Å²) < 4.78 is 28.7. The molecule has 1 aliphatic heterocycles. The molecule has 4 rings (SSSR count). The zero-order chi connectivity index (χ0) is 20.8. The average Bonchev–Trinajstić information content (AvgIpc) is 3.34. The summed E-state index contributed by atoms with van der Waals surface area (Å²) in [6.07, 6.45) is 1.44. The molecule has 1 saturated heterocycles. The second-order valence-electron chi connectivity index (χ2n) is 7.46. The fourth-order valence-corrected chi connectivity index (χ4v) is 3.93. The lowest BCUT2D eigenvalue weighted by molar-refractivity contribution is -0.120. The highest BCUT2D eigenvalue weighted by atomic mass is 35.5. The molecule has 152 valence electrons. The number of carbonyl (C=O) groups excluding carboxylic acids is 2. The van der Waals surface area contributed by atoms with Crippen LogP contribution in [0, 0.1) is 18.6 Å². The van der Waals surface area contributed by atoms with E-state index in [1.807, 2.05) is 25.1 Å². The predicted molar refractivity (Wildman–Crippen MR) is 102 cm³/mol. The first-order valence-corrected chi connectivity index (χ1v) is 9.62. The molecule has 0 unspecified atom stereocenters. The first-order valence-electron chi connectivity index (χ1n) is 9.24. The van der Waals surface area contributed by atoms with Crippen LogP contribution in [-0.2, 0) is 10.3 Å². The lowest BCUT2D eigenvalue weighted by atomic mass is 9.93. The third-order valence-electron chi connectivity index (χ3n) is 5.36. The average molecular weight is 421 g/mol. The van der Waals surface area contributed by atoms with Gasteiger partial charge in [0.15, 0.2) is 0 Å². The van der Waals surface area contributed by atoms with Crippen molar-refractivity contribution in [1.29, 1.82) is 0 Å². The molecule has 1 saturated carbocycles. The predicted octanol–water partition coefficient (Wildman–Crippen LogP) is 2.89. The van der Waals surface area contributed by atoms with Crippen molar-refractivity contribution in [3.05, 3.63) is 63.9 Å². The van der Waals surface area contributed by atoms with Crippen molar-refractivity contribution in [2.24, 2.45) is 0 Å². The number of nitrogens with one attached hydrogen (secondary N) is 3. The van der Waals surface area contributed by atoms with Gasteiger partial charge in [0.05, 0.1) is 11.2 Å². The van der Waals surface area contributed by atoms with Crippen molar-refractivity contribution in [1.82, 2.24) is 20.9 Å². The van der Waals surface area contributed by atoms with Gasteiger partial charge in [-0.3, -0.25) is 9.78 Å². The van der Waals surface area contributed by atoms with Crippen LogP contribution in [0.1, 0.15) is 35.7 Å². The van der Waals surface area contributed by atoms with E-state index in [2.05, 4.69) is 20.9 Å². The fraction of sp³-hybridized carbons (Fsp3) is 0.350. The molecule has 2 aromatic rings. The van der Waals surface area contributed by atoms with E-state index in [0.717, 1.165) is 36.4 Å². The second kappa shape index (κ2) is 7.26. The van der Waals surface area contributed by atoms with E-state index in [-0.39, 0.29) is 17.1 Å². The summed E-state index contributed by atoms with van der Waals surface area (Å²) in [6.45, 7) is 1.87. The highest BCUT2D eigenvalue weighted by Crippen LogP contribution is 2.44. The maximum atomic E-state index is 14.3. The van der Waals surface area contributed by atoms with Crippen molar-refractivity contribution in [3.8, 4) is 0 Å². The molecule has 0 radical (unpaired) electrons. The zero-order valence-corrected chi connectivity index (χ0v) is 16.3. The molecule has 3 N–H and O–H groups in total. The molecule has 29 heavy (non-hydrogen) atoms. The van der Waals surface area contributed by atoms with Crippen LogP contribution < -0.4 is 16.0 Å². The Bertz CT molecular complexity index is 973. The Morgan fingerprint density at radius 3 is 2.59 bits per heavy atom. The monoisotopic (exact) mass is 420 g/mol. The molecule has 6 nitrogen and oxygen atoms in total. The van der Waals surface area contributed by atoms with Crippen molar-refractivity contribution < 1.29 is 18.4 Å². The molecule has 3 amide bonds. The van der Waals surface area contributed by atoms with Crippen molar-refractivity contribution in [3.63, 3.8) is 0 Å². The summed E-state index contributed by atoms with van der Waals surface area (Å²) in [7, 11) is 0. The normalized spacial score (nSPS) is 22.1. The number of hydrogen-bond acceptors (Lipinski definition) is 3. The molecule has 2 heterocycles. The lowest BCUT2D eigenvalue weighted by Crippen LogP contribution is -2.50. The highest BCUT2D eigenvalue weighted by molar-refractivity contribution is 6.30. The topological polar surface area (TPSA) is 83.1 Å². The maximum Gasteiger partial charge on any atom is 0.316 e. The number of amides is 3. The highest BCUT2D eigenvalue weighted by Gasteiger charge is 2.48. The Morgan fingerprint density at radius 1 is 1.28 bits per heavy atom. The van der Waals surface area contributed by atoms with Crippen LogP contribution in [0.5, 0.6) is 0 Å².